The van der Waals surface area contributed by atoms with Crippen LogP contribution >= 0.6 is 11.6 Å². The second-order valence-electron chi connectivity index (χ2n) is 7.70. The Morgan fingerprint density at radius 3 is 2.33 bits per heavy atom. The van der Waals surface area contributed by atoms with Gasteiger partial charge in [0.1, 0.15) is 11.0 Å². The molecule has 188 valence electrons. The minimum atomic E-state index is -4.92. The molecule has 2 N–H and O–H groups in total. The first-order valence-corrected chi connectivity index (χ1v) is 10.3. The topological polar surface area (TPSA) is 128 Å². The van der Waals surface area contributed by atoms with E-state index in [1.54, 1.807) is 0 Å². The third kappa shape index (κ3) is 4.04. The van der Waals surface area contributed by atoms with Gasteiger partial charge in [0, 0.05) is 6.07 Å². The zero-order valence-corrected chi connectivity index (χ0v) is 18.2. The molecule has 1 aliphatic rings. The van der Waals surface area contributed by atoms with Gasteiger partial charge < -0.3 is 5.32 Å². The zero-order valence-electron chi connectivity index (χ0n) is 17.4. The number of amides is 2. The van der Waals surface area contributed by atoms with E-state index in [-0.39, 0.29) is 29.3 Å². The van der Waals surface area contributed by atoms with Crippen molar-refractivity contribution < 1.29 is 31.1 Å². The van der Waals surface area contributed by atoms with Crippen LogP contribution in [0.25, 0.3) is 11.5 Å². The predicted octanol–water partition coefficient (Wildman–Crippen LogP) is 4.01. The Kier molecular flexibility index (Phi) is 5.27. The molecule has 1 aliphatic carbocycles. The van der Waals surface area contributed by atoms with E-state index in [2.05, 4.69) is 35.8 Å². The summed E-state index contributed by atoms with van der Waals surface area (Å²) in [4.78, 5) is 17.1. The van der Waals surface area contributed by atoms with Gasteiger partial charge in [-0.15, -0.1) is 15.0 Å². The molecule has 5 rings (SSSR count). The van der Waals surface area contributed by atoms with Gasteiger partial charge in [-0.2, -0.15) is 41.6 Å². The summed E-state index contributed by atoms with van der Waals surface area (Å²) >= 11 is 5.84. The van der Waals surface area contributed by atoms with Crippen LogP contribution in [0, 0.1) is 0 Å². The van der Waals surface area contributed by atoms with E-state index < -0.39 is 46.7 Å². The van der Waals surface area contributed by atoms with E-state index in [1.165, 1.54) is 6.07 Å². The molecule has 4 aromatic rings. The van der Waals surface area contributed by atoms with E-state index in [4.69, 9.17) is 11.6 Å². The third-order valence-electron chi connectivity index (χ3n) is 5.38. The van der Waals surface area contributed by atoms with Crippen LogP contribution in [0.2, 0.25) is 5.15 Å². The molecule has 0 radical (unpaired) electrons. The number of alkyl halides is 6. The number of halogens is 7. The van der Waals surface area contributed by atoms with Crippen molar-refractivity contribution in [2.75, 3.05) is 10.6 Å². The largest absolute Gasteiger partial charge is 0.420 e. The van der Waals surface area contributed by atoms with Crippen LogP contribution in [0.4, 0.5) is 42.6 Å². The molecule has 4 aromatic heterocycles. The normalized spacial score (nSPS) is 15.2. The van der Waals surface area contributed by atoms with E-state index in [0.29, 0.717) is 10.9 Å². The fraction of sp³-hybridized carbons (Fsp3) is 0.278. The molecular weight excluding hydrogens is 522 g/mol. The van der Waals surface area contributed by atoms with Gasteiger partial charge in [-0.05, 0) is 18.9 Å². The van der Waals surface area contributed by atoms with Gasteiger partial charge >= 0.3 is 18.4 Å². The van der Waals surface area contributed by atoms with Crippen molar-refractivity contribution in [3.63, 3.8) is 0 Å². The number of urea groups is 1. The first-order valence-electron chi connectivity index (χ1n) is 9.90. The predicted molar refractivity (Wildman–Crippen MR) is 110 cm³/mol. The van der Waals surface area contributed by atoms with Gasteiger partial charge in [-0.1, -0.05) is 11.6 Å². The molecule has 0 unspecified atom stereocenters. The zero-order chi connectivity index (χ0) is 25.9. The summed E-state index contributed by atoms with van der Waals surface area (Å²) in [7, 11) is 0. The van der Waals surface area contributed by atoms with Crippen molar-refractivity contribution in [1.29, 1.82) is 0 Å². The van der Waals surface area contributed by atoms with Gasteiger partial charge in [0.2, 0.25) is 5.82 Å². The van der Waals surface area contributed by atoms with Crippen molar-refractivity contribution in [2.24, 2.45) is 0 Å². The Bertz CT molecular complexity index is 1460. The number of aromatic nitrogens is 8. The fourth-order valence-corrected chi connectivity index (χ4v) is 3.81. The van der Waals surface area contributed by atoms with Crippen molar-refractivity contribution >= 4 is 34.8 Å². The van der Waals surface area contributed by atoms with Crippen molar-refractivity contribution in [1.82, 2.24) is 39.8 Å². The van der Waals surface area contributed by atoms with Gasteiger partial charge in [0.15, 0.2) is 16.6 Å². The Labute approximate surface area is 200 Å². The number of rotatable bonds is 4. The number of nitrogens with zero attached hydrogens (tertiary/aromatic N) is 8. The molecule has 0 bridgehead atoms. The van der Waals surface area contributed by atoms with Crippen LogP contribution in [0.3, 0.4) is 0 Å². The fourth-order valence-electron chi connectivity index (χ4n) is 3.63. The second-order valence-corrected chi connectivity index (χ2v) is 8.09. The van der Waals surface area contributed by atoms with Crippen LogP contribution in [-0.2, 0) is 11.6 Å². The molecule has 1 saturated carbocycles. The van der Waals surface area contributed by atoms with Crippen LogP contribution in [-0.4, -0.2) is 52.0 Å². The van der Waals surface area contributed by atoms with E-state index in [0.717, 1.165) is 23.1 Å². The smallest absolute Gasteiger partial charge is 0.305 e. The van der Waals surface area contributed by atoms with Gasteiger partial charge in [0.25, 0.3) is 0 Å². The highest BCUT2D eigenvalue weighted by Crippen LogP contribution is 2.60. The van der Waals surface area contributed by atoms with E-state index in [9.17, 15) is 31.1 Å². The van der Waals surface area contributed by atoms with E-state index in [1.807, 2.05) is 5.32 Å². The van der Waals surface area contributed by atoms with Crippen molar-refractivity contribution in [3.05, 3.63) is 47.1 Å². The first kappa shape index (κ1) is 23.7. The van der Waals surface area contributed by atoms with Crippen molar-refractivity contribution in [2.45, 2.75) is 30.6 Å². The maximum absolute atomic E-state index is 13.9. The summed E-state index contributed by atoms with van der Waals surface area (Å²) in [5.41, 5.74) is -4.39. The Morgan fingerprint density at radius 1 is 1.03 bits per heavy atom. The molecule has 18 heteroatoms. The van der Waals surface area contributed by atoms with Crippen LogP contribution < -0.4 is 10.6 Å². The summed E-state index contributed by atoms with van der Waals surface area (Å²) in [5, 5.41) is 22.0. The number of carbonyl (C=O) groups is 1. The average molecular weight is 533 g/mol. The molecule has 2 amide bonds. The molecule has 36 heavy (non-hydrogen) atoms. The number of fused-ring (bicyclic) bond motifs is 1. The number of nitrogens with one attached hydrogen (secondary N) is 2. The maximum Gasteiger partial charge on any atom is 0.420 e. The number of hydrogen-bond donors (Lipinski definition) is 2. The monoisotopic (exact) mass is 532 g/mol. The lowest BCUT2D eigenvalue weighted by Gasteiger charge is -2.23. The SMILES string of the molecule is O=C(Nc1cc(C(F)(F)F)c(-n2nccn2)nn1)Nc1cnc2cc(Cl)nn2c1C1(C(F)(F)F)CC1. The Morgan fingerprint density at radius 2 is 1.72 bits per heavy atom. The standard InChI is InChI=1S/C18H11ClF6N10O/c19-10-6-12-26-7-9(13(34(12)33-10)16(1-2-16)18(23,24)25)29-15(36)30-11-5-8(17(20,21)22)14(32-31-11)35-27-3-4-28-35/h3-7H,1-2H2,(H2,29,30,31,36). The second kappa shape index (κ2) is 8.00. The minimum absolute atomic E-state index is 0.0139. The summed E-state index contributed by atoms with van der Waals surface area (Å²) in [6, 6.07) is 0.533. The Hall–Kier alpha value is -4.02. The molecular formula is C18H11ClF6N10O. The lowest BCUT2D eigenvalue weighted by molar-refractivity contribution is -0.161. The first-order chi connectivity index (χ1) is 16.9. The molecule has 0 atom stereocenters. The summed E-state index contributed by atoms with van der Waals surface area (Å²) < 4.78 is 83.3. The van der Waals surface area contributed by atoms with Gasteiger partial charge in [-0.3, -0.25) is 5.32 Å². The summed E-state index contributed by atoms with van der Waals surface area (Å²) in [6.07, 6.45) is -6.91. The molecule has 11 nitrogen and oxygen atoms in total. The molecule has 0 spiro atoms. The van der Waals surface area contributed by atoms with Crippen LogP contribution in [0.5, 0.6) is 0 Å². The van der Waals surface area contributed by atoms with Gasteiger partial charge in [0.05, 0.1) is 30.0 Å². The van der Waals surface area contributed by atoms with Crippen molar-refractivity contribution in [3.8, 4) is 5.82 Å². The highest BCUT2D eigenvalue weighted by molar-refractivity contribution is 6.29. The number of anilines is 2. The molecule has 0 aromatic carbocycles. The lowest BCUT2D eigenvalue weighted by atomic mass is 10.00. The summed E-state index contributed by atoms with van der Waals surface area (Å²) in [5.74, 6) is -1.38. The van der Waals surface area contributed by atoms with Crippen LogP contribution in [0.15, 0.2) is 30.7 Å². The molecule has 0 saturated heterocycles. The quantitative estimate of drug-likeness (QED) is 0.380. The number of carbonyl (C=O) groups excluding carboxylic acids is 1. The average Bonchev–Trinajstić information content (AvgIpc) is 3.24. The molecule has 4 heterocycles. The summed E-state index contributed by atoms with van der Waals surface area (Å²) in [6.45, 7) is 0. The highest BCUT2D eigenvalue weighted by atomic mass is 35.5. The minimum Gasteiger partial charge on any atom is -0.305 e. The lowest BCUT2D eigenvalue weighted by Crippen LogP contribution is -2.33. The highest BCUT2D eigenvalue weighted by Gasteiger charge is 2.66. The van der Waals surface area contributed by atoms with Crippen LogP contribution in [0.1, 0.15) is 24.1 Å². The maximum atomic E-state index is 13.9. The third-order valence-corrected chi connectivity index (χ3v) is 5.56. The molecule has 1 fully saturated rings. The Balaban J connectivity index is 1.48. The number of hydrogen-bond acceptors (Lipinski definition) is 7. The van der Waals surface area contributed by atoms with E-state index >= 15 is 0 Å². The molecule has 0 aliphatic heterocycles. The van der Waals surface area contributed by atoms with Gasteiger partial charge in [-0.25, -0.2) is 14.3 Å².